The summed E-state index contributed by atoms with van der Waals surface area (Å²) in [5.74, 6) is 1.54. The quantitative estimate of drug-likeness (QED) is 0.277. The molecule has 230 valence electrons. The lowest BCUT2D eigenvalue weighted by Gasteiger charge is -2.57. The number of piperidine rings is 2. The van der Waals surface area contributed by atoms with Crippen molar-refractivity contribution in [1.82, 2.24) is 14.5 Å². The van der Waals surface area contributed by atoms with Gasteiger partial charge in [0.05, 0.1) is 47.4 Å². The molecular weight excluding hydrogens is 573 g/mol. The van der Waals surface area contributed by atoms with Crippen LogP contribution in [0.1, 0.15) is 46.6 Å². The topological polar surface area (TPSA) is 104 Å². The summed E-state index contributed by atoms with van der Waals surface area (Å²) in [5, 5.41) is 18.6. The molecule has 45 heavy (non-hydrogen) atoms. The molecule has 1 saturated carbocycles. The second kappa shape index (κ2) is 11.2. The maximum absolute atomic E-state index is 14.4. The van der Waals surface area contributed by atoms with Crippen LogP contribution in [0, 0.1) is 29.0 Å². The summed E-state index contributed by atoms with van der Waals surface area (Å²) in [6, 6.07) is 20.6. The number of aromatic nitrogens is 2. The van der Waals surface area contributed by atoms with Gasteiger partial charge in [0.25, 0.3) is 0 Å². The summed E-state index contributed by atoms with van der Waals surface area (Å²) in [6.07, 6.45) is 3.49. The zero-order chi connectivity index (χ0) is 30.7. The maximum Gasteiger partial charge on any atom is 0.335 e. The van der Waals surface area contributed by atoms with Crippen LogP contribution in [0.5, 0.6) is 5.75 Å². The van der Waals surface area contributed by atoms with Crippen molar-refractivity contribution in [2.75, 3.05) is 24.6 Å². The molecule has 0 spiro atoms. The first-order chi connectivity index (χ1) is 21.9. The summed E-state index contributed by atoms with van der Waals surface area (Å²) in [6.45, 7) is 4.14. The van der Waals surface area contributed by atoms with E-state index in [9.17, 15) is 14.3 Å². The number of fused-ring (bicyclic) bond motifs is 1. The van der Waals surface area contributed by atoms with Gasteiger partial charge in [0.15, 0.2) is 0 Å². The summed E-state index contributed by atoms with van der Waals surface area (Å²) < 4.78 is 28.4. The lowest BCUT2D eigenvalue weighted by atomic mass is 9.65. The number of nitrogens with zero attached hydrogens (tertiary/aromatic N) is 5. The molecule has 0 amide bonds. The highest BCUT2D eigenvalue weighted by Crippen LogP contribution is 2.51. The Bertz CT molecular complexity index is 1820. The first kappa shape index (κ1) is 28.0. The molecule has 3 atom stereocenters. The number of aromatic carboxylic acids is 1. The Morgan fingerprint density at radius 3 is 2.76 bits per heavy atom. The summed E-state index contributed by atoms with van der Waals surface area (Å²) in [5.41, 5.74) is 3.76. The van der Waals surface area contributed by atoms with Gasteiger partial charge in [-0.3, -0.25) is 4.90 Å². The standard InChI is InChI=1S/C35H34FN5O4/c36-30-10-21(15-37)4-5-23(30)20-45-27-3-1-2-25(14-27)41-26-11-24(12-26)29-17-39(18-33(29)41)19-34-38-31-7-6-22(35(42)43)13-32(31)40(34)16-28-8-9-44-28/h1-7,10,13-14,24,26,28-29,33H,8-9,11-12,16-20H2,(H,42,43). The second-order valence-electron chi connectivity index (χ2n) is 12.9. The highest BCUT2D eigenvalue weighted by atomic mass is 19.1. The summed E-state index contributed by atoms with van der Waals surface area (Å²) >= 11 is 0. The largest absolute Gasteiger partial charge is 0.489 e. The number of hydrogen-bond donors (Lipinski definition) is 1. The lowest BCUT2D eigenvalue weighted by molar-refractivity contribution is -0.0591. The number of rotatable bonds is 9. The molecule has 3 unspecified atom stereocenters. The maximum atomic E-state index is 14.4. The van der Waals surface area contributed by atoms with Crippen molar-refractivity contribution in [3.63, 3.8) is 0 Å². The van der Waals surface area contributed by atoms with Crippen molar-refractivity contribution in [2.45, 2.75) is 57.1 Å². The molecule has 0 radical (unpaired) electrons. The number of benzene rings is 3. The van der Waals surface area contributed by atoms with Crippen LogP contribution in [0.2, 0.25) is 0 Å². The predicted octanol–water partition coefficient (Wildman–Crippen LogP) is 5.21. The highest BCUT2D eigenvalue weighted by Gasteiger charge is 2.54. The van der Waals surface area contributed by atoms with E-state index in [2.05, 4.69) is 26.5 Å². The van der Waals surface area contributed by atoms with Gasteiger partial charge in [0, 0.05) is 49.1 Å². The van der Waals surface area contributed by atoms with Crippen LogP contribution >= 0.6 is 0 Å². The summed E-state index contributed by atoms with van der Waals surface area (Å²) in [7, 11) is 0. The number of anilines is 1. The van der Waals surface area contributed by atoms with Crippen molar-refractivity contribution in [2.24, 2.45) is 11.8 Å². The molecule has 4 saturated heterocycles. The van der Waals surface area contributed by atoms with E-state index in [1.807, 2.05) is 24.3 Å². The third-order valence-electron chi connectivity index (χ3n) is 10.2. The first-order valence-corrected chi connectivity index (χ1v) is 15.7. The van der Waals surface area contributed by atoms with E-state index in [4.69, 9.17) is 19.7 Å². The van der Waals surface area contributed by atoms with E-state index < -0.39 is 11.8 Å². The smallest absolute Gasteiger partial charge is 0.335 e. The molecule has 1 aliphatic carbocycles. The van der Waals surface area contributed by atoms with E-state index in [0.29, 0.717) is 48.0 Å². The molecule has 5 fully saturated rings. The molecule has 1 N–H and O–H groups in total. The Morgan fingerprint density at radius 2 is 2.00 bits per heavy atom. The number of carboxylic acid groups (broad SMARTS) is 1. The first-order valence-electron chi connectivity index (χ1n) is 15.7. The molecule has 10 heteroatoms. The van der Waals surface area contributed by atoms with Gasteiger partial charge >= 0.3 is 5.97 Å². The monoisotopic (exact) mass is 607 g/mol. The SMILES string of the molecule is N#Cc1ccc(COc2cccc(N3C4CC(C4)C4CN(Cc5nc6ccc(C(=O)O)cc6n5CC5CCO5)CC43)c2)c(F)c1. The third kappa shape index (κ3) is 5.10. The highest BCUT2D eigenvalue weighted by molar-refractivity contribution is 5.92. The number of carboxylic acids is 1. The lowest BCUT2D eigenvalue weighted by Crippen LogP contribution is -2.61. The minimum Gasteiger partial charge on any atom is -0.489 e. The fourth-order valence-electron chi connectivity index (χ4n) is 7.75. The van der Waals surface area contributed by atoms with Crippen LogP contribution in [0.4, 0.5) is 10.1 Å². The number of likely N-dealkylation sites (tertiary alicyclic amines) is 1. The van der Waals surface area contributed by atoms with Crippen molar-refractivity contribution in [1.29, 1.82) is 5.26 Å². The normalized spacial score (nSPS) is 25.3. The Labute approximate surface area is 260 Å². The molecule has 5 heterocycles. The molecule has 9 rings (SSSR count). The molecule has 1 aromatic heterocycles. The number of imidazole rings is 1. The molecule has 3 aromatic carbocycles. The van der Waals surface area contributed by atoms with Crippen molar-refractivity contribution >= 4 is 22.7 Å². The molecule has 9 nitrogen and oxygen atoms in total. The minimum absolute atomic E-state index is 0.0905. The van der Waals surface area contributed by atoms with Gasteiger partial charge in [-0.15, -0.1) is 0 Å². The number of ether oxygens (including phenoxy) is 2. The molecular formula is C35H34FN5O4. The number of carbonyl (C=O) groups is 1. The van der Waals surface area contributed by atoms with E-state index in [-0.39, 0.29) is 18.3 Å². The van der Waals surface area contributed by atoms with Gasteiger partial charge in [-0.05, 0) is 73.6 Å². The van der Waals surface area contributed by atoms with Crippen molar-refractivity contribution in [3.8, 4) is 11.8 Å². The average molecular weight is 608 g/mol. The van der Waals surface area contributed by atoms with Gasteiger partial charge in [0.1, 0.15) is 24.0 Å². The van der Waals surface area contributed by atoms with Gasteiger partial charge in [-0.1, -0.05) is 12.1 Å². The second-order valence-corrected chi connectivity index (χ2v) is 12.9. The number of nitriles is 1. The van der Waals surface area contributed by atoms with Crippen LogP contribution in [0.3, 0.4) is 0 Å². The molecule has 4 aliphatic heterocycles. The van der Waals surface area contributed by atoms with Gasteiger partial charge < -0.3 is 24.0 Å². The zero-order valence-corrected chi connectivity index (χ0v) is 24.8. The van der Waals surface area contributed by atoms with Crippen LogP contribution in [-0.4, -0.2) is 63.4 Å². The fourth-order valence-corrected chi connectivity index (χ4v) is 7.75. The van der Waals surface area contributed by atoms with Crippen LogP contribution in [0.15, 0.2) is 60.7 Å². The average Bonchev–Trinajstić information content (AvgIpc) is 3.58. The molecule has 2 bridgehead atoms. The third-order valence-corrected chi connectivity index (χ3v) is 10.2. The van der Waals surface area contributed by atoms with E-state index >= 15 is 0 Å². The van der Waals surface area contributed by atoms with E-state index in [0.717, 1.165) is 54.6 Å². The van der Waals surface area contributed by atoms with Gasteiger partial charge in [-0.25, -0.2) is 14.2 Å². The molecule has 4 aromatic rings. The number of hydrogen-bond acceptors (Lipinski definition) is 7. The van der Waals surface area contributed by atoms with E-state index in [1.54, 1.807) is 24.3 Å². The minimum atomic E-state index is -0.940. The van der Waals surface area contributed by atoms with E-state index in [1.165, 1.54) is 18.9 Å². The zero-order valence-electron chi connectivity index (χ0n) is 24.8. The van der Waals surface area contributed by atoms with Gasteiger partial charge in [-0.2, -0.15) is 5.26 Å². The summed E-state index contributed by atoms with van der Waals surface area (Å²) in [4.78, 5) is 21.8. The Balaban J connectivity index is 1.01. The van der Waals surface area contributed by atoms with Crippen LogP contribution < -0.4 is 9.64 Å². The predicted molar refractivity (Wildman–Crippen MR) is 164 cm³/mol. The van der Waals surface area contributed by atoms with Crippen molar-refractivity contribution < 1.29 is 23.8 Å². The van der Waals surface area contributed by atoms with Gasteiger partial charge in [0.2, 0.25) is 0 Å². The Morgan fingerprint density at radius 1 is 1.13 bits per heavy atom. The Kier molecular flexibility index (Phi) is 6.96. The van der Waals surface area contributed by atoms with Crippen LogP contribution in [-0.2, 0) is 24.4 Å². The van der Waals surface area contributed by atoms with Crippen molar-refractivity contribution in [3.05, 3.63) is 89.0 Å². The van der Waals surface area contributed by atoms with Crippen LogP contribution in [0.25, 0.3) is 11.0 Å². The fraction of sp³-hybridized carbons (Fsp3) is 0.400. The number of halogens is 1. The Hall–Kier alpha value is -4.46. The molecule has 5 aliphatic rings.